The Labute approximate surface area is 110 Å². The number of halogens is 2. The number of rotatable bonds is 3. The number of ketones is 1. The Balaban J connectivity index is 2.18. The maximum absolute atomic E-state index is 12.8. The van der Waals surface area contributed by atoms with Gasteiger partial charge in [0.2, 0.25) is 0 Å². The van der Waals surface area contributed by atoms with Crippen LogP contribution in [0.4, 0.5) is 4.39 Å². The van der Waals surface area contributed by atoms with Gasteiger partial charge in [-0.3, -0.25) is 4.79 Å². The van der Waals surface area contributed by atoms with E-state index in [1.165, 1.54) is 24.3 Å². The summed E-state index contributed by atoms with van der Waals surface area (Å²) in [6.07, 6.45) is 0.227. The summed E-state index contributed by atoms with van der Waals surface area (Å²) < 4.78 is 12.8. The van der Waals surface area contributed by atoms with Gasteiger partial charge in [0.25, 0.3) is 0 Å². The summed E-state index contributed by atoms with van der Waals surface area (Å²) >= 11 is 6.07. The van der Waals surface area contributed by atoms with Crippen molar-refractivity contribution in [3.8, 4) is 0 Å². The van der Waals surface area contributed by atoms with Gasteiger partial charge >= 0.3 is 0 Å². The van der Waals surface area contributed by atoms with Gasteiger partial charge in [-0.1, -0.05) is 23.7 Å². The lowest BCUT2D eigenvalue weighted by Gasteiger charge is -2.05. The number of benzene rings is 2. The van der Waals surface area contributed by atoms with Crippen LogP contribution in [0.25, 0.3) is 0 Å². The molecule has 0 spiro atoms. The summed E-state index contributed by atoms with van der Waals surface area (Å²) in [5.74, 6) is -0.416. The SMILES string of the molecule is Cc1ccc(CC(=O)c2ccc(F)cc2)c(Cl)c1. The van der Waals surface area contributed by atoms with Crippen LogP contribution in [-0.2, 0) is 6.42 Å². The van der Waals surface area contributed by atoms with Crippen LogP contribution < -0.4 is 0 Å². The van der Waals surface area contributed by atoms with Crippen molar-refractivity contribution in [1.82, 2.24) is 0 Å². The first kappa shape index (κ1) is 12.8. The molecule has 0 aromatic heterocycles. The quantitative estimate of drug-likeness (QED) is 0.757. The Kier molecular flexibility index (Phi) is 3.78. The Morgan fingerprint density at radius 3 is 2.44 bits per heavy atom. The Morgan fingerprint density at radius 1 is 1.17 bits per heavy atom. The molecule has 2 aromatic rings. The first-order valence-corrected chi connectivity index (χ1v) is 5.98. The van der Waals surface area contributed by atoms with E-state index in [1.54, 1.807) is 0 Å². The molecule has 0 aliphatic carbocycles. The fourth-order valence-electron chi connectivity index (χ4n) is 1.71. The maximum Gasteiger partial charge on any atom is 0.167 e. The number of Topliss-reactive ketones (excluding diaryl/α,β-unsaturated/α-hetero) is 1. The molecule has 0 heterocycles. The molecule has 0 saturated carbocycles. The molecule has 18 heavy (non-hydrogen) atoms. The van der Waals surface area contributed by atoms with Crippen LogP contribution in [0.2, 0.25) is 5.02 Å². The van der Waals surface area contributed by atoms with Crippen LogP contribution in [0.5, 0.6) is 0 Å². The highest BCUT2D eigenvalue weighted by Gasteiger charge is 2.09. The Hall–Kier alpha value is -1.67. The van der Waals surface area contributed by atoms with Crippen molar-refractivity contribution in [1.29, 1.82) is 0 Å². The third kappa shape index (κ3) is 2.96. The Bertz CT molecular complexity index is 576. The van der Waals surface area contributed by atoms with E-state index in [0.717, 1.165) is 11.1 Å². The predicted molar refractivity (Wildman–Crippen MR) is 70.6 cm³/mol. The molecule has 0 N–H and O–H groups in total. The standard InChI is InChI=1S/C15H12ClFO/c1-10-2-3-12(14(16)8-10)9-15(18)11-4-6-13(17)7-5-11/h2-8H,9H2,1H3. The zero-order chi connectivity index (χ0) is 13.1. The van der Waals surface area contributed by atoms with Crippen LogP contribution in [0.3, 0.4) is 0 Å². The lowest BCUT2D eigenvalue weighted by Crippen LogP contribution is -2.04. The van der Waals surface area contributed by atoms with E-state index >= 15 is 0 Å². The van der Waals surface area contributed by atoms with Crippen molar-refractivity contribution in [3.05, 3.63) is 70.0 Å². The van der Waals surface area contributed by atoms with Crippen molar-refractivity contribution in [2.24, 2.45) is 0 Å². The molecule has 2 aromatic carbocycles. The number of aryl methyl sites for hydroxylation is 1. The third-order valence-corrected chi connectivity index (χ3v) is 3.08. The average molecular weight is 263 g/mol. The van der Waals surface area contributed by atoms with E-state index in [4.69, 9.17) is 11.6 Å². The van der Waals surface area contributed by atoms with Gasteiger partial charge in [0.1, 0.15) is 5.82 Å². The zero-order valence-electron chi connectivity index (χ0n) is 9.91. The molecule has 2 rings (SSSR count). The number of carbonyl (C=O) groups excluding carboxylic acids is 1. The first-order chi connectivity index (χ1) is 8.56. The van der Waals surface area contributed by atoms with E-state index in [0.29, 0.717) is 10.6 Å². The van der Waals surface area contributed by atoms with Crippen molar-refractivity contribution >= 4 is 17.4 Å². The fourth-order valence-corrected chi connectivity index (χ4v) is 2.01. The normalized spacial score (nSPS) is 10.4. The minimum Gasteiger partial charge on any atom is -0.294 e. The molecule has 3 heteroatoms. The molecule has 0 saturated heterocycles. The predicted octanol–water partition coefficient (Wildman–Crippen LogP) is 4.21. The number of hydrogen-bond donors (Lipinski definition) is 0. The fraction of sp³-hybridized carbons (Fsp3) is 0.133. The highest BCUT2D eigenvalue weighted by Crippen LogP contribution is 2.19. The lowest BCUT2D eigenvalue weighted by atomic mass is 10.0. The minimum absolute atomic E-state index is 0.0687. The molecule has 0 fully saturated rings. The molecule has 0 unspecified atom stereocenters. The molecule has 92 valence electrons. The monoisotopic (exact) mass is 262 g/mol. The summed E-state index contributed by atoms with van der Waals surface area (Å²) in [6, 6.07) is 11.1. The van der Waals surface area contributed by atoms with Gasteiger partial charge in [-0.25, -0.2) is 4.39 Å². The topological polar surface area (TPSA) is 17.1 Å². The van der Waals surface area contributed by atoms with E-state index in [2.05, 4.69) is 0 Å². The summed E-state index contributed by atoms with van der Waals surface area (Å²) in [5, 5.41) is 0.588. The minimum atomic E-state index is -0.347. The molecule has 0 atom stereocenters. The Morgan fingerprint density at radius 2 is 1.83 bits per heavy atom. The van der Waals surface area contributed by atoms with Gasteiger partial charge in [0, 0.05) is 17.0 Å². The van der Waals surface area contributed by atoms with Crippen LogP contribution in [0, 0.1) is 12.7 Å². The van der Waals surface area contributed by atoms with Crippen molar-refractivity contribution in [3.63, 3.8) is 0 Å². The highest BCUT2D eigenvalue weighted by molar-refractivity contribution is 6.31. The van der Waals surface area contributed by atoms with Crippen LogP contribution in [0.1, 0.15) is 21.5 Å². The molecular formula is C15H12ClFO. The number of carbonyl (C=O) groups is 1. The molecule has 0 amide bonds. The van der Waals surface area contributed by atoms with Crippen molar-refractivity contribution in [2.45, 2.75) is 13.3 Å². The van der Waals surface area contributed by atoms with Gasteiger partial charge in [0.05, 0.1) is 0 Å². The summed E-state index contributed by atoms with van der Waals surface area (Å²) in [5.41, 5.74) is 2.34. The molecule has 1 nitrogen and oxygen atoms in total. The maximum atomic E-state index is 12.8. The van der Waals surface area contributed by atoms with Gasteiger partial charge < -0.3 is 0 Å². The van der Waals surface area contributed by atoms with Crippen molar-refractivity contribution < 1.29 is 9.18 Å². The van der Waals surface area contributed by atoms with E-state index in [-0.39, 0.29) is 18.0 Å². The van der Waals surface area contributed by atoms with Crippen LogP contribution in [0.15, 0.2) is 42.5 Å². The van der Waals surface area contributed by atoms with Crippen LogP contribution in [-0.4, -0.2) is 5.78 Å². The van der Waals surface area contributed by atoms with E-state index in [1.807, 2.05) is 25.1 Å². The molecule has 0 bridgehead atoms. The lowest BCUT2D eigenvalue weighted by molar-refractivity contribution is 0.0993. The second kappa shape index (κ2) is 5.32. The largest absolute Gasteiger partial charge is 0.294 e. The molecule has 0 aliphatic rings. The van der Waals surface area contributed by atoms with Crippen LogP contribution >= 0.6 is 11.6 Å². The van der Waals surface area contributed by atoms with E-state index < -0.39 is 0 Å². The first-order valence-electron chi connectivity index (χ1n) is 5.60. The molecule has 0 aliphatic heterocycles. The van der Waals surface area contributed by atoms with Gasteiger partial charge in [0.15, 0.2) is 5.78 Å². The van der Waals surface area contributed by atoms with Gasteiger partial charge in [-0.2, -0.15) is 0 Å². The molecular weight excluding hydrogens is 251 g/mol. The summed E-state index contributed by atoms with van der Waals surface area (Å²) in [6.45, 7) is 1.94. The van der Waals surface area contributed by atoms with Gasteiger partial charge in [-0.15, -0.1) is 0 Å². The summed E-state index contributed by atoms with van der Waals surface area (Å²) in [4.78, 5) is 12.0. The second-order valence-corrected chi connectivity index (χ2v) is 4.61. The summed E-state index contributed by atoms with van der Waals surface area (Å²) in [7, 11) is 0. The second-order valence-electron chi connectivity index (χ2n) is 4.20. The van der Waals surface area contributed by atoms with Crippen molar-refractivity contribution in [2.75, 3.05) is 0 Å². The smallest absolute Gasteiger partial charge is 0.167 e. The van der Waals surface area contributed by atoms with E-state index in [9.17, 15) is 9.18 Å². The van der Waals surface area contributed by atoms with Gasteiger partial charge in [-0.05, 0) is 48.4 Å². The molecule has 0 radical (unpaired) electrons. The zero-order valence-corrected chi connectivity index (χ0v) is 10.7. The number of hydrogen-bond acceptors (Lipinski definition) is 1. The third-order valence-electron chi connectivity index (χ3n) is 2.73. The average Bonchev–Trinajstić information content (AvgIpc) is 2.33. The highest BCUT2D eigenvalue weighted by atomic mass is 35.5.